The molecule has 138 valence electrons. The van der Waals surface area contributed by atoms with Crippen molar-refractivity contribution in [3.05, 3.63) is 65.5 Å². The first-order valence-corrected chi connectivity index (χ1v) is 9.11. The Morgan fingerprint density at radius 3 is 2.57 bits per heavy atom. The molecule has 0 aliphatic rings. The van der Waals surface area contributed by atoms with Gasteiger partial charge in [0.25, 0.3) is 0 Å². The molecule has 1 aromatic carbocycles. The zero-order valence-electron chi connectivity index (χ0n) is 15.2. The largest absolute Gasteiger partial charge is 0.338 e. The Morgan fingerprint density at radius 1 is 1.07 bits per heavy atom. The Kier molecular flexibility index (Phi) is 3.70. The normalized spacial score (nSPS) is 11.6. The lowest BCUT2D eigenvalue weighted by molar-refractivity contribution is 0.627. The number of nitrogens with one attached hydrogen (secondary N) is 1. The van der Waals surface area contributed by atoms with Crippen molar-refractivity contribution in [2.75, 3.05) is 0 Å². The highest BCUT2D eigenvalue weighted by Gasteiger charge is 2.18. The van der Waals surface area contributed by atoms with Crippen LogP contribution in [0.5, 0.6) is 0 Å². The molecule has 0 unspecified atom stereocenters. The first-order chi connectivity index (χ1) is 13.5. The van der Waals surface area contributed by atoms with Crippen molar-refractivity contribution in [3.8, 4) is 22.4 Å². The highest BCUT2D eigenvalue weighted by Crippen LogP contribution is 2.37. The van der Waals surface area contributed by atoms with Gasteiger partial charge in [-0.15, -0.1) is 0 Å². The first kappa shape index (κ1) is 16.9. The van der Waals surface area contributed by atoms with E-state index in [2.05, 4.69) is 20.1 Å². The molecule has 0 atom stereocenters. The van der Waals surface area contributed by atoms with Crippen molar-refractivity contribution in [1.29, 1.82) is 0 Å². The van der Waals surface area contributed by atoms with Gasteiger partial charge in [0.1, 0.15) is 16.6 Å². The number of rotatable bonds is 2. The Labute approximate surface area is 164 Å². The van der Waals surface area contributed by atoms with Crippen molar-refractivity contribution < 1.29 is 4.39 Å². The molecule has 1 N–H and O–H groups in total. The number of pyridine rings is 2. The van der Waals surface area contributed by atoms with E-state index in [0.717, 1.165) is 33.0 Å². The zero-order chi connectivity index (χ0) is 19.4. The van der Waals surface area contributed by atoms with Gasteiger partial charge < -0.3 is 4.98 Å². The maximum Gasteiger partial charge on any atom is 0.150 e. The highest BCUT2D eigenvalue weighted by molar-refractivity contribution is 6.32. The van der Waals surface area contributed by atoms with E-state index in [-0.39, 0.29) is 5.82 Å². The summed E-state index contributed by atoms with van der Waals surface area (Å²) >= 11 is 6.33. The highest BCUT2D eigenvalue weighted by atomic mass is 35.5. The quantitative estimate of drug-likeness (QED) is 0.445. The second-order valence-corrected chi connectivity index (χ2v) is 7.14. The second-order valence-electron chi connectivity index (χ2n) is 6.78. The molecule has 4 aromatic heterocycles. The minimum absolute atomic E-state index is 0.366. The van der Waals surface area contributed by atoms with E-state index in [1.54, 1.807) is 24.1 Å². The summed E-state index contributed by atoms with van der Waals surface area (Å²) in [4.78, 5) is 12.0. The lowest BCUT2D eigenvalue weighted by atomic mass is 10.00. The van der Waals surface area contributed by atoms with E-state index in [4.69, 9.17) is 11.6 Å². The Bertz CT molecular complexity index is 1350. The first-order valence-electron chi connectivity index (χ1n) is 8.74. The molecule has 5 rings (SSSR count). The number of aryl methyl sites for hydroxylation is 2. The SMILES string of the molecule is Cc1ccc(-c2c(F)cnc3[nH]c4cnc(-c5cnn(C)c5Cl)cc4c23)cc1. The molecule has 7 heteroatoms. The average molecular weight is 392 g/mol. The van der Waals surface area contributed by atoms with Crippen LogP contribution < -0.4 is 0 Å². The van der Waals surface area contributed by atoms with Gasteiger partial charge in [0.15, 0.2) is 0 Å². The summed E-state index contributed by atoms with van der Waals surface area (Å²) in [5.41, 5.74) is 5.23. The molecule has 0 radical (unpaired) electrons. The van der Waals surface area contributed by atoms with Crippen LogP contribution in [0.4, 0.5) is 4.39 Å². The van der Waals surface area contributed by atoms with Crippen molar-refractivity contribution in [3.63, 3.8) is 0 Å². The zero-order valence-corrected chi connectivity index (χ0v) is 15.9. The minimum Gasteiger partial charge on any atom is -0.338 e. The smallest absolute Gasteiger partial charge is 0.150 e. The molecule has 0 spiro atoms. The molecular weight excluding hydrogens is 377 g/mol. The van der Waals surface area contributed by atoms with E-state index in [0.29, 0.717) is 22.1 Å². The standard InChI is InChI=1S/C21H15ClFN5/c1-11-3-5-12(6-4-11)18-15(23)9-25-21-19(18)13-7-16(24-10-17(13)27-21)14-8-26-28(2)20(14)22/h3-10H,1-2H3,(H,25,27). The average Bonchev–Trinajstić information content (AvgIpc) is 3.22. The molecule has 0 fully saturated rings. The van der Waals surface area contributed by atoms with Gasteiger partial charge in [0, 0.05) is 23.4 Å². The predicted molar refractivity (Wildman–Crippen MR) is 109 cm³/mol. The van der Waals surface area contributed by atoms with E-state index in [1.807, 2.05) is 37.3 Å². The molecule has 5 nitrogen and oxygen atoms in total. The molecule has 4 heterocycles. The summed E-state index contributed by atoms with van der Waals surface area (Å²) in [6, 6.07) is 9.69. The summed E-state index contributed by atoms with van der Waals surface area (Å²) in [7, 11) is 1.77. The van der Waals surface area contributed by atoms with Gasteiger partial charge in [-0.25, -0.2) is 9.37 Å². The van der Waals surface area contributed by atoms with E-state index in [1.165, 1.54) is 6.20 Å². The molecular formula is C21H15ClFN5. The van der Waals surface area contributed by atoms with Crippen LogP contribution >= 0.6 is 11.6 Å². The van der Waals surface area contributed by atoms with Gasteiger partial charge in [-0.2, -0.15) is 5.10 Å². The predicted octanol–water partition coefficient (Wildman–Crippen LogP) is 5.28. The van der Waals surface area contributed by atoms with Crippen molar-refractivity contribution in [2.45, 2.75) is 6.92 Å². The number of benzene rings is 1. The summed E-state index contributed by atoms with van der Waals surface area (Å²) in [5, 5.41) is 6.23. The molecule has 0 amide bonds. The number of nitrogens with zero attached hydrogens (tertiary/aromatic N) is 4. The van der Waals surface area contributed by atoms with Gasteiger partial charge in [-0.05, 0) is 18.6 Å². The maximum absolute atomic E-state index is 14.9. The second kappa shape index (κ2) is 6.14. The lowest BCUT2D eigenvalue weighted by Crippen LogP contribution is -1.90. The van der Waals surface area contributed by atoms with Crippen LogP contribution in [0.1, 0.15) is 5.56 Å². The van der Waals surface area contributed by atoms with Crippen LogP contribution in [0.2, 0.25) is 5.15 Å². The third-order valence-corrected chi connectivity index (χ3v) is 5.39. The fourth-order valence-electron chi connectivity index (χ4n) is 3.48. The molecule has 28 heavy (non-hydrogen) atoms. The molecule has 0 saturated heterocycles. The number of halogens is 2. The monoisotopic (exact) mass is 391 g/mol. The van der Waals surface area contributed by atoms with Crippen LogP contribution in [0.15, 0.2) is 48.9 Å². The lowest BCUT2D eigenvalue weighted by Gasteiger charge is -2.07. The van der Waals surface area contributed by atoms with E-state index >= 15 is 0 Å². The number of hydrogen-bond acceptors (Lipinski definition) is 3. The van der Waals surface area contributed by atoms with Gasteiger partial charge in [-0.1, -0.05) is 41.4 Å². The van der Waals surface area contributed by atoms with Crippen LogP contribution in [-0.2, 0) is 7.05 Å². The third kappa shape index (κ3) is 2.49. The van der Waals surface area contributed by atoms with E-state index in [9.17, 15) is 4.39 Å². The number of H-pyrrole nitrogens is 1. The fourth-order valence-corrected chi connectivity index (χ4v) is 3.67. The molecule has 0 bridgehead atoms. The van der Waals surface area contributed by atoms with Crippen LogP contribution in [0.3, 0.4) is 0 Å². The number of hydrogen-bond donors (Lipinski definition) is 1. The van der Waals surface area contributed by atoms with Crippen LogP contribution in [-0.4, -0.2) is 24.7 Å². The van der Waals surface area contributed by atoms with Crippen LogP contribution in [0, 0.1) is 12.7 Å². The Balaban J connectivity index is 1.84. The van der Waals surface area contributed by atoms with Crippen molar-refractivity contribution >= 4 is 33.5 Å². The van der Waals surface area contributed by atoms with Gasteiger partial charge in [-0.3, -0.25) is 9.67 Å². The van der Waals surface area contributed by atoms with Gasteiger partial charge in [0.2, 0.25) is 0 Å². The van der Waals surface area contributed by atoms with Gasteiger partial charge >= 0.3 is 0 Å². The van der Waals surface area contributed by atoms with Gasteiger partial charge in [0.05, 0.1) is 35.4 Å². The summed E-state index contributed by atoms with van der Waals surface area (Å²) < 4.78 is 16.5. The summed E-state index contributed by atoms with van der Waals surface area (Å²) in [6.45, 7) is 2.00. The topological polar surface area (TPSA) is 59.4 Å². The van der Waals surface area contributed by atoms with Crippen molar-refractivity contribution in [2.24, 2.45) is 7.05 Å². The fraction of sp³-hybridized carbons (Fsp3) is 0.0952. The van der Waals surface area contributed by atoms with Crippen molar-refractivity contribution in [1.82, 2.24) is 24.7 Å². The molecule has 0 aliphatic carbocycles. The Morgan fingerprint density at radius 2 is 1.86 bits per heavy atom. The van der Waals surface area contributed by atoms with Crippen LogP contribution in [0.25, 0.3) is 44.3 Å². The van der Waals surface area contributed by atoms with E-state index < -0.39 is 0 Å². The molecule has 0 saturated carbocycles. The number of aromatic amines is 1. The number of aromatic nitrogens is 5. The summed E-state index contributed by atoms with van der Waals surface area (Å²) in [5.74, 6) is -0.366. The molecule has 0 aliphatic heterocycles. The maximum atomic E-state index is 14.9. The molecule has 5 aromatic rings. The minimum atomic E-state index is -0.366. The third-order valence-electron chi connectivity index (χ3n) is 4.94. The Hall–Kier alpha value is -3.25. The number of fused-ring (bicyclic) bond motifs is 3. The summed E-state index contributed by atoms with van der Waals surface area (Å²) in [6.07, 6.45) is 4.64.